The smallest absolute Gasteiger partial charge is 0.237 e. The third-order valence-electron chi connectivity index (χ3n) is 4.25. The second kappa shape index (κ2) is 7.87. The third kappa shape index (κ3) is 3.62. The van der Waals surface area contributed by atoms with E-state index in [9.17, 15) is 4.79 Å². The van der Waals surface area contributed by atoms with E-state index in [2.05, 4.69) is 23.7 Å². The van der Waals surface area contributed by atoms with Crippen LogP contribution in [0.1, 0.15) is 35.4 Å². The van der Waals surface area contributed by atoms with Crippen molar-refractivity contribution in [2.45, 2.75) is 25.8 Å². The lowest BCUT2D eigenvalue weighted by Crippen LogP contribution is -2.44. The molecule has 128 valence electrons. The van der Waals surface area contributed by atoms with Gasteiger partial charge in [0.15, 0.2) is 0 Å². The quantitative estimate of drug-likeness (QED) is 0.770. The van der Waals surface area contributed by atoms with E-state index in [1.165, 1.54) is 10.4 Å². The number of rotatable bonds is 5. The molecule has 2 aromatic rings. The second-order valence-corrected chi connectivity index (χ2v) is 7.73. The predicted molar refractivity (Wildman–Crippen MR) is 101 cm³/mol. The Hall–Kier alpha value is -1.07. The normalized spacial score (nSPS) is 17.0. The number of amides is 1. The summed E-state index contributed by atoms with van der Waals surface area (Å²) in [7, 11) is 0. The molecule has 0 saturated heterocycles. The molecule has 3 rings (SSSR count). The van der Waals surface area contributed by atoms with Gasteiger partial charge in [0, 0.05) is 21.5 Å². The molecular formula is C18H20Cl2N2OS. The van der Waals surface area contributed by atoms with Gasteiger partial charge < -0.3 is 10.2 Å². The average Bonchev–Trinajstić information content (AvgIpc) is 3.03. The van der Waals surface area contributed by atoms with Gasteiger partial charge in [-0.15, -0.1) is 11.3 Å². The van der Waals surface area contributed by atoms with Crippen molar-refractivity contribution in [3.05, 3.63) is 55.7 Å². The van der Waals surface area contributed by atoms with Crippen molar-refractivity contribution in [1.82, 2.24) is 10.2 Å². The number of benzene rings is 1. The summed E-state index contributed by atoms with van der Waals surface area (Å²) >= 11 is 14.2. The number of nitrogens with zero attached hydrogens (tertiary/aromatic N) is 1. The van der Waals surface area contributed by atoms with Gasteiger partial charge in [-0.25, -0.2) is 0 Å². The highest BCUT2D eigenvalue weighted by atomic mass is 35.5. The Kier molecular flexibility index (Phi) is 5.82. The first kappa shape index (κ1) is 17.7. The van der Waals surface area contributed by atoms with Gasteiger partial charge >= 0.3 is 0 Å². The van der Waals surface area contributed by atoms with Crippen LogP contribution in [0.25, 0.3) is 0 Å². The summed E-state index contributed by atoms with van der Waals surface area (Å²) in [6.07, 6.45) is 1.91. The molecule has 1 amide bonds. The van der Waals surface area contributed by atoms with E-state index in [1.54, 1.807) is 17.4 Å². The lowest BCUT2D eigenvalue weighted by Gasteiger charge is -2.37. The average molecular weight is 383 g/mol. The van der Waals surface area contributed by atoms with Crippen LogP contribution < -0.4 is 5.32 Å². The van der Waals surface area contributed by atoms with Crippen LogP contribution in [0.2, 0.25) is 10.0 Å². The van der Waals surface area contributed by atoms with Gasteiger partial charge in [0.25, 0.3) is 0 Å². The van der Waals surface area contributed by atoms with Crippen LogP contribution in [0, 0.1) is 0 Å². The zero-order valence-corrected chi connectivity index (χ0v) is 15.8. The van der Waals surface area contributed by atoms with Gasteiger partial charge in [-0.1, -0.05) is 36.2 Å². The first-order valence-corrected chi connectivity index (χ1v) is 9.76. The molecule has 1 aliphatic heterocycles. The maximum absolute atomic E-state index is 12.8. The zero-order chi connectivity index (χ0) is 17.1. The Morgan fingerprint density at radius 1 is 1.33 bits per heavy atom. The lowest BCUT2D eigenvalue weighted by atomic mass is 9.93. The van der Waals surface area contributed by atoms with Crippen molar-refractivity contribution in [2.75, 3.05) is 19.6 Å². The molecule has 0 saturated carbocycles. The van der Waals surface area contributed by atoms with Crippen molar-refractivity contribution in [3.8, 4) is 0 Å². The lowest BCUT2D eigenvalue weighted by molar-refractivity contribution is -0.132. The minimum atomic E-state index is -0.138. The molecule has 0 spiro atoms. The van der Waals surface area contributed by atoms with Gasteiger partial charge in [-0.3, -0.25) is 4.79 Å². The van der Waals surface area contributed by atoms with Crippen LogP contribution in [0.3, 0.4) is 0 Å². The highest BCUT2D eigenvalue weighted by molar-refractivity contribution is 7.10. The molecule has 0 fully saturated rings. The molecule has 3 nitrogen and oxygen atoms in total. The van der Waals surface area contributed by atoms with Gasteiger partial charge in [-0.2, -0.15) is 0 Å². The first-order chi connectivity index (χ1) is 11.6. The van der Waals surface area contributed by atoms with Crippen molar-refractivity contribution in [3.63, 3.8) is 0 Å². The number of carbonyl (C=O) groups excluding carboxylic acids is 1. The summed E-state index contributed by atoms with van der Waals surface area (Å²) in [5, 5.41) is 6.50. The van der Waals surface area contributed by atoms with Gasteiger partial charge in [0.2, 0.25) is 5.91 Å². The number of hydrogen-bond donors (Lipinski definition) is 1. The van der Waals surface area contributed by atoms with Crippen LogP contribution in [0.5, 0.6) is 0 Å². The van der Waals surface area contributed by atoms with E-state index in [0.29, 0.717) is 23.1 Å². The maximum atomic E-state index is 12.8. The number of nitrogens with one attached hydrogen (secondary N) is 1. The predicted octanol–water partition coefficient (Wildman–Crippen LogP) is 4.53. The molecule has 1 aromatic carbocycles. The molecule has 2 heterocycles. The molecule has 0 radical (unpaired) electrons. The van der Waals surface area contributed by atoms with E-state index >= 15 is 0 Å². The minimum Gasteiger partial charge on any atom is -0.330 e. The van der Waals surface area contributed by atoms with Crippen molar-refractivity contribution in [1.29, 1.82) is 0 Å². The molecule has 6 heteroatoms. The Morgan fingerprint density at radius 3 is 2.92 bits per heavy atom. The SMILES string of the molecule is CCCNCC(=O)N1CCc2sccc2C1c1ccc(Cl)cc1Cl. The fourth-order valence-electron chi connectivity index (χ4n) is 3.12. The van der Waals surface area contributed by atoms with E-state index in [4.69, 9.17) is 23.2 Å². The summed E-state index contributed by atoms with van der Waals surface area (Å²) in [6, 6.07) is 7.48. The number of thiophene rings is 1. The van der Waals surface area contributed by atoms with E-state index < -0.39 is 0 Å². The molecule has 1 aromatic heterocycles. The monoisotopic (exact) mass is 382 g/mol. The van der Waals surface area contributed by atoms with E-state index in [-0.39, 0.29) is 11.9 Å². The first-order valence-electron chi connectivity index (χ1n) is 8.13. The van der Waals surface area contributed by atoms with Crippen LogP contribution >= 0.6 is 34.5 Å². The number of fused-ring (bicyclic) bond motifs is 1. The molecular weight excluding hydrogens is 363 g/mol. The highest BCUT2D eigenvalue weighted by Gasteiger charge is 2.33. The van der Waals surface area contributed by atoms with Crippen LogP contribution in [0.15, 0.2) is 29.6 Å². The Balaban J connectivity index is 1.95. The highest BCUT2D eigenvalue weighted by Crippen LogP contribution is 2.40. The van der Waals surface area contributed by atoms with E-state index in [0.717, 1.165) is 24.9 Å². The molecule has 0 aliphatic carbocycles. The molecule has 0 bridgehead atoms. The number of carbonyl (C=O) groups is 1. The molecule has 1 atom stereocenters. The van der Waals surface area contributed by atoms with E-state index in [1.807, 2.05) is 17.0 Å². The summed E-state index contributed by atoms with van der Waals surface area (Å²) in [4.78, 5) is 16.0. The van der Waals surface area contributed by atoms with Crippen LogP contribution in [-0.4, -0.2) is 30.4 Å². The molecule has 1 unspecified atom stereocenters. The molecule has 24 heavy (non-hydrogen) atoms. The Morgan fingerprint density at radius 2 is 2.17 bits per heavy atom. The summed E-state index contributed by atoms with van der Waals surface area (Å²) in [5.74, 6) is 0.108. The van der Waals surface area contributed by atoms with Crippen LogP contribution in [0.4, 0.5) is 0 Å². The zero-order valence-electron chi connectivity index (χ0n) is 13.5. The molecule has 1 aliphatic rings. The van der Waals surface area contributed by atoms with Crippen molar-refractivity contribution >= 4 is 40.4 Å². The summed E-state index contributed by atoms with van der Waals surface area (Å²) < 4.78 is 0. The Labute approximate surface area is 156 Å². The topological polar surface area (TPSA) is 32.3 Å². The molecule has 1 N–H and O–H groups in total. The number of hydrogen-bond acceptors (Lipinski definition) is 3. The maximum Gasteiger partial charge on any atom is 0.237 e. The Bertz CT molecular complexity index is 732. The fraction of sp³-hybridized carbons (Fsp3) is 0.389. The van der Waals surface area contributed by atoms with Gasteiger partial charge in [-0.05, 0) is 54.1 Å². The standard InChI is InChI=1S/C18H20Cl2N2OS/c1-2-7-21-11-17(23)22-8-5-16-14(6-9-24-16)18(22)13-4-3-12(19)10-15(13)20/h3-4,6,9-10,18,21H,2,5,7-8,11H2,1H3. The van der Waals surface area contributed by atoms with Crippen molar-refractivity contribution < 1.29 is 4.79 Å². The second-order valence-electron chi connectivity index (χ2n) is 5.88. The fourth-order valence-corrected chi connectivity index (χ4v) is 4.53. The van der Waals surface area contributed by atoms with Crippen molar-refractivity contribution in [2.24, 2.45) is 0 Å². The minimum absolute atomic E-state index is 0.108. The number of halogens is 2. The van der Waals surface area contributed by atoms with Crippen LogP contribution in [-0.2, 0) is 11.2 Å². The van der Waals surface area contributed by atoms with Gasteiger partial charge in [0.05, 0.1) is 12.6 Å². The largest absolute Gasteiger partial charge is 0.330 e. The third-order valence-corrected chi connectivity index (χ3v) is 5.81. The summed E-state index contributed by atoms with van der Waals surface area (Å²) in [6.45, 7) is 4.00. The summed E-state index contributed by atoms with van der Waals surface area (Å²) in [5.41, 5.74) is 2.11. The van der Waals surface area contributed by atoms with Gasteiger partial charge in [0.1, 0.15) is 0 Å².